The zero-order chi connectivity index (χ0) is 9.84. The summed E-state index contributed by atoms with van der Waals surface area (Å²) >= 11 is 0. The van der Waals surface area contributed by atoms with Crippen LogP contribution in [0.1, 0.15) is 44.2 Å². The number of benzene rings is 1. The third-order valence-electron chi connectivity index (χ3n) is 2.31. The van der Waals surface area contributed by atoms with Crippen LogP contribution in [0.4, 0.5) is 5.69 Å². The third-order valence-corrected chi connectivity index (χ3v) is 2.31. The Bertz CT molecular complexity index is 276. The van der Waals surface area contributed by atoms with Gasteiger partial charge in [0.15, 0.2) is 0 Å². The zero-order valence-corrected chi connectivity index (χ0v) is 8.80. The molecule has 0 aliphatic carbocycles. The van der Waals surface area contributed by atoms with Gasteiger partial charge in [-0.25, -0.2) is 0 Å². The fourth-order valence-electron chi connectivity index (χ4n) is 1.57. The van der Waals surface area contributed by atoms with E-state index >= 15 is 0 Å². The molecule has 0 atom stereocenters. The molecule has 0 aliphatic heterocycles. The van der Waals surface area contributed by atoms with Crippen molar-refractivity contribution in [3.63, 3.8) is 0 Å². The molecule has 0 heterocycles. The quantitative estimate of drug-likeness (QED) is 0.704. The Labute approximate surface area is 81.0 Å². The first-order valence-electron chi connectivity index (χ1n) is 5.03. The van der Waals surface area contributed by atoms with Crippen LogP contribution in [0.3, 0.4) is 0 Å². The summed E-state index contributed by atoms with van der Waals surface area (Å²) in [5.74, 6) is 0.525. The molecule has 1 heteroatoms. The van der Waals surface area contributed by atoms with E-state index in [0.717, 1.165) is 12.1 Å². The molecule has 0 spiro atoms. The highest BCUT2D eigenvalue weighted by Gasteiger charge is 2.04. The second-order valence-electron chi connectivity index (χ2n) is 3.87. The highest BCUT2D eigenvalue weighted by molar-refractivity contribution is 5.50. The molecule has 1 aromatic carbocycles. The van der Waals surface area contributed by atoms with Crippen molar-refractivity contribution in [2.24, 2.45) is 0 Å². The van der Waals surface area contributed by atoms with E-state index in [0.29, 0.717) is 5.92 Å². The minimum absolute atomic E-state index is 0.525. The maximum atomic E-state index is 5.89. The number of aryl methyl sites for hydroxylation is 1. The first kappa shape index (κ1) is 10.1. The van der Waals surface area contributed by atoms with Crippen molar-refractivity contribution >= 4 is 5.69 Å². The monoisotopic (exact) mass is 177 g/mol. The van der Waals surface area contributed by atoms with Gasteiger partial charge in [-0.3, -0.25) is 0 Å². The fraction of sp³-hybridized carbons (Fsp3) is 0.500. The van der Waals surface area contributed by atoms with Gasteiger partial charge in [-0.1, -0.05) is 39.3 Å². The molecule has 0 radical (unpaired) electrons. The summed E-state index contributed by atoms with van der Waals surface area (Å²) in [6.07, 6.45) is 2.35. The molecule has 0 fully saturated rings. The van der Waals surface area contributed by atoms with Crippen LogP contribution < -0.4 is 5.73 Å². The van der Waals surface area contributed by atoms with E-state index in [-0.39, 0.29) is 0 Å². The van der Waals surface area contributed by atoms with E-state index in [4.69, 9.17) is 5.73 Å². The number of anilines is 1. The van der Waals surface area contributed by atoms with Gasteiger partial charge in [0.05, 0.1) is 0 Å². The molecule has 1 rings (SSSR count). The Kier molecular flexibility index (Phi) is 3.35. The highest BCUT2D eigenvalue weighted by Crippen LogP contribution is 2.23. The summed E-state index contributed by atoms with van der Waals surface area (Å²) in [4.78, 5) is 0. The van der Waals surface area contributed by atoms with E-state index in [9.17, 15) is 0 Å². The molecule has 1 nitrogen and oxygen atoms in total. The minimum Gasteiger partial charge on any atom is -0.398 e. The Morgan fingerprint density at radius 2 is 2.00 bits per heavy atom. The summed E-state index contributed by atoms with van der Waals surface area (Å²) in [6, 6.07) is 6.40. The molecule has 0 saturated carbocycles. The Morgan fingerprint density at radius 3 is 2.54 bits per heavy atom. The maximum absolute atomic E-state index is 5.89. The van der Waals surface area contributed by atoms with Gasteiger partial charge in [0.2, 0.25) is 0 Å². The average molecular weight is 177 g/mol. The zero-order valence-electron chi connectivity index (χ0n) is 8.80. The molecule has 0 bridgehead atoms. The number of hydrogen-bond donors (Lipinski definition) is 1. The predicted octanol–water partition coefficient (Wildman–Crippen LogP) is 3.34. The summed E-state index contributed by atoms with van der Waals surface area (Å²) < 4.78 is 0. The van der Waals surface area contributed by atoms with E-state index in [1.165, 1.54) is 17.5 Å². The Morgan fingerprint density at radius 1 is 1.31 bits per heavy atom. The molecule has 0 saturated heterocycles. The van der Waals surface area contributed by atoms with Gasteiger partial charge < -0.3 is 5.73 Å². The maximum Gasteiger partial charge on any atom is 0.0349 e. The van der Waals surface area contributed by atoms with E-state index in [1.807, 2.05) is 6.07 Å². The second-order valence-corrected chi connectivity index (χ2v) is 3.87. The second kappa shape index (κ2) is 4.31. The molecule has 0 aromatic heterocycles. The van der Waals surface area contributed by atoms with Crippen LogP contribution in [-0.2, 0) is 6.42 Å². The SMILES string of the molecule is CCCc1ccc(N)c(C(C)C)c1. The fourth-order valence-corrected chi connectivity index (χ4v) is 1.57. The largest absolute Gasteiger partial charge is 0.398 e. The van der Waals surface area contributed by atoms with Crippen LogP contribution in [0.15, 0.2) is 18.2 Å². The molecule has 0 unspecified atom stereocenters. The molecule has 2 N–H and O–H groups in total. The van der Waals surface area contributed by atoms with Gasteiger partial charge in [-0.15, -0.1) is 0 Å². The van der Waals surface area contributed by atoms with Gasteiger partial charge in [0.25, 0.3) is 0 Å². The van der Waals surface area contributed by atoms with Crippen molar-refractivity contribution in [3.05, 3.63) is 29.3 Å². The van der Waals surface area contributed by atoms with Gasteiger partial charge in [-0.05, 0) is 29.5 Å². The number of hydrogen-bond acceptors (Lipinski definition) is 1. The van der Waals surface area contributed by atoms with Crippen molar-refractivity contribution in [1.82, 2.24) is 0 Å². The lowest BCUT2D eigenvalue weighted by molar-refractivity contribution is 0.857. The number of nitrogens with two attached hydrogens (primary N) is 1. The summed E-state index contributed by atoms with van der Waals surface area (Å²) in [5.41, 5.74) is 9.50. The minimum atomic E-state index is 0.525. The van der Waals surface area contributed by atoms with Gasteiger partial charge in [-0.2, -0.15) is 0 Å². The van der Waals surface area contributed by atoms with E-state index in [1.54, 1.807) is 0 Å². The van der Waals surface area contributed by atoms with Crippen molar-refractivity contribution < 1.29 is 0 Å². The van der Waals surface area contributed by atoms with Crippen molar-refractivity contribution in [2.45, 2.75) is 39.5 Å². The lowest BCUT2D eigenvalue weighted by atomic mass is 9.97. The van der Waals surface area contributed by atoms with E-state index in [2.05, 4.69) is 32.9 Å². The summed E-state index contributed by atoms with van der Waals surface area (Å²) in [6.45, 7) is 6.56. The Hall–Kier alpha value is -0.980. The molecule has 72 valence electrons. The third kappa shape index (κ3) is 2.48. The van der Waals surface area contributed by atoms with Crippen LogP contribution in [0.2, 0.25) is 0 Å². The van der Waals surface area contributed by atoms with Crippen LogP contribution in [0, 0.1) is 0 Å². The molecule has 1 aromatic rings. The molecule has 0 amide bonds. The number of rotatable bonds is 3. The molecule has 13 heavy (non-hydrogen) atoms. The van der Waals surface area contributed by atoms with Crippen molar-refractivity contribution in [3.8, 4) is 0 Å². The first-order chi connectivity index (χ1) is 6.15. The van der Waals surface area contributed by atoms with Gasteiger partial charge in [0.1, 0.15) is 0 Å². The highest BCUT2D eigenvalue weighted by atomic mass is 14.6. The molecule has 0 aliphatic rings. The summed E-state index contributed by atoms with van der Waals surface area (Å²) in [7, 11) is 0. The van der Waals surface area contributed by atoms with Crippen molar-refractivity contribution in [1.29, 1.82) is 0 Å². The van der Waals surface area contributed by atoms with Crippen LogP contribution in [0.5, 0.6) is 0 Å². The lowest BCUT2D eigenvalue weighted by Crippen LogP contribution is -1.97. The average Bonchev–Trinajstić information content (AvgIpc) is 2.08. The number of nitrogen functional groups attached to an aromatic ring is 1. The Balaban J connectivity index is 2.97. The predicted molar refractivity (Wildman–Crippen MR) is 58.9 cm³/mol. The van der Waals surface area contributed by atoms with Crippen LogP contribution in [-0.4, -0.2) is 0 Å². The normalized spacial score (nSPS) is 10.8. The van der Waals surface area contributed by atoms with Gasteiger partial charge in [0, 0.05) is 5.69 Å². The van der Waals surface area contributed by atoms with Gasteiger partial charge >= 0.3 is 0 Å². The lowest BCUT2D eigenvalue weighted by Gasteiger charge is -2.11. The smallest absolute Gasteiger partial charge is 0.0349 e. The van der Waals surface area contributed by atoms with Crippen molar-refractivity contribution in [2.75, 3.05) is 5.73 Å². The van der Waals surface area contributed by atoms with Crippen LogP contribution in [0.25, 0.3) is 0 Å². The first-order valence-corrected chi connectivity index (χ1v) is 5.03. The van der Waals surface area contributed by atoms with Crippen LogP contribution >= 0.6 is 0 Å². The standard InChI is InChI=1S/C12H19N/c1-4-5-10-6-7-12(13)11(8-10)9(2)3/h6-9H,4-5,13H2,1-3H3. The summed E-state index contributed by atoms with van der Waals surface area (Å²) in [5, 5.41) is 0. The topological polar surface area (TPSA) is 26.0 Å². The molecular weight excluding hydrogens is 158 g/mol. The van der Waals surface area contributed by atoms with E-state index < -0.39 is 0 Å². The molecular formula is C12H19N.